The molecule has 1 aliphatic rings. The Labute approximate surface area is 148 Å². The van der Waals surface area contributed by atoms with Crippen LogP contribution in [0.15, 0.2) is 28.8 Å². The molecule has 1 aliphatic carbocycles. The summed E-state index contributed by atoms with van der Waals surface area (Å²) in [6, 6.07) is 8.24. The number of carbonyl (C=O) groups is 1. The van der Waals surface area contributed by atoms with Gasteiger partial charge in [-0.05, 0) is 43.9 Å². The summed E-state index contributed by atoms with van der Waals surface area (Å²) in [6.07, 6.45) is 6.68. The van der Waals surface area contributed by atoms with Gasteiger partial charge >= 0.3 is 0 Å². The lowest BCUT2D eigenvalue weighted by Gasteiger charge is -2.22. The van der Waals surface area contributed by atoms with Gasteiger partial charge in [0.25, 0.3) is 5.91 Å². The Bertz CT molecular complexity index is 700. The number of ether oxygens (including phenoxy) is 1. The predicted octanol–water partition coefficient (Wildman–Crippen LogP) is 4.19. The Morgan fingerprint density at radius 3 is 2.64 bits per heavy atom. The van der Waals surface area contributed by atoms with Crippen LogP contribution in [-0.4, -0.2) is 17.1 Å². The van der Waals surface area contributed by atoms with Crippen molar-refractivity contribution in [3.63, 3.8) is 0 Å². The van der Waals surface area contributed by atoms with Gasteiger partial charge in [0.2, 0.25) is 0 Å². The first-order valence-electron chi connectivity index (χ1n) is 9.15. The maximum absolute atomic E-state index is 12.6. The van der Waals surface area contributed by atoms with Gasteiger partial charge in [-0.1, -0.05) is 43.5 Å². The molecule has 25 heavy (non-hydrogen) atoms. The summed E-state index contributed by atoms with van der Waals surface area (Å²) in [7, 11) is 0. The molecule has 1 amide bonds. The van der Waals surface area contributed by atoms with Crippen LogP contribution >= 0.6 is 0 Å². The maximum Gasteiger partial charge on any atom is 0.274 e. The molecule has 1 N–H and O–H groups in total. The highest BCUT2D eigenvalue weighted by Gasteiger charge is 2.23. The van der Waals surface area contributed by atoms with Gasteiger partial charge in [0.1, 0.15) is 18.1 Å². The fourth-order valence-corrected chi connectivity index (χ4v) is 3.22. The minimum Gasteiger partial charge on any atom is -0.489 e. The predicted molar refractivity (Wildman–Crippen MR) is 95.7 cm³/mol. The molecule has 1 aromatic carbocycles. The Hall–Kier alpha value is -2.30. The van der Waals surface area contributed by atoms with Gasteiger partial charge in [0.15, 0.2) is 5.69 Å². The Kier molecular flexibility index (Phi) is 5.74. The molecule has 134 valence electrons. The third-order valence-electron chi connectivity index (χ3n) is 4.85. The van der Waals surface area contributed by atoms with E-state index in [2.05, 4.69) is 17.4 Å². The van der Waals surface area contributed by atoms with Gasteiger partial charge < -0.3 is 14.6 Å². The number of nitrogens with one attached hydrogen (secondary N) is 1. The quantitative estimate of drug-likeness (QED) is 0.855. The molecule has 0 saturated heterocycles. The molecule has 1 saturated carbocycles. The number of rotatable bonds is 6. The van der Waals surface area contributed by atoms with Crippen LogP contribution in [-0.2, 0) is 13.0 Å². The molecule has 0 aliphatic heterocycles. The summed E-state index contributed by atoms with van der Waals surface area (Å²) < 4.78 is 11.1. The number of amides is 1. The van der Waals surface area contributed by atoms with Crippen LogP contribution in [0.1, 0.15) is 66.4 Å². The average Bonchev–Trinajstić information content (AvgIpc) is 3.02. The van der Waals surface area contributed by atoms with Crippen molar-refractivity contribution >= 4 is 5.91 Å². The zero-order chi connectivity index (χ0) is 17.6. The van der Waals surface area contributed by atoms with Gasteiger partial charge in [0.05, 0.1) is 5.56 Å². The lowest BCUT2D eigenvalue weighted by molar-refractivity contribution is 0.0916. The van der Waals surface area contributed by atoms with Gasteiger partial charge in [0, 0.05) is 6.04 Å². The number of aromatic nitrogens is 1. The Balaban J connectivity index is 1.64. The number of nitrogens with zero attached hydrogens (tertiary/aromatic N) is 1. The van der Waals surface area contributed by atoms with E-state index in [1.165, 1.54) is 24.8 Å². The lowest BCUT2D eigenvalue weighted by Crippen LogP contribution is -2.36. The summed E-state index contributed by atoms with van der Waals surface area (Å²) >= 11 is 0. The highest BCUT2D eigenvalue weighted by atomic mass is 16.5. The molecule has 2 aromatic rings. The molecule has 1 heterocycles. The first kappa shape index (κ1) is 17.5. The first-order valence-corrected chi connectivity index (χ1v) is 9.15. The molecule has 0 atom stereocenters. The van der Waals surface area contributed by atoms with E-state index in [0.717, 1.165) is 25.0 Å². The molecule has 0 bridgehead atoms. The van der Waals surface area contributed by atoms with Gasteiger partial charge in [-0.25, -0.2) is 0 Å². The highest BCUT2D eigenvalue weighted by molar-refractivity contribution is 5.94. The monoisotopic (exact) mass is 342 g/mol. The summed E-state index contributed by atoms with van der Waals surface area (Å²) in [5.74, 6) is 1.24. The van der Waals surface area contributed by atoms with Gasteiger partial charge in [-0.2, -0.15) is 0 Å². The smallest absolute Gasteiger partial charge is 0.274 e. The summed E-state index contributed by atoms with van der Waals surface area (Å²) in [6.45, 7) is 4.20. The average molecular weight is 342 g/mol. The topological polar surface area (TPSA) is 64.4 Å². The third kappa shape index (κ3) is 4.41. The van der Waals surface area contributed by atoms with Crippen molar-refractivity contribution in [1.29, 1.82) is 0 Å². The first-order chi connectivity index (χ1) is 12.2. The third-order valence-corrected chi connectivity index (χ3v) is 4.85. The van der Waals surface area contributed by atoms with Crippen molar-refractivity contribution in [2.45, 2.75) is 65.0 Å². The second kappa shape index (κ2) is 8.19. The molecule has 1 fully saturated rings. The van der Waals surface area contributed by atoms with E-state index in [-0.39, 0.29) is 18.6 Å². The molecule has 0 radical (unpaired) electrons. The molecular weight excluding hydrogens is 316 g/mol. The van der Waals surface area contributed by atoms with Crippen molar-refractivity contribution in [3.05, 3.63) is 46.8 Å². The molecular formula is C20H26N2O3. The number of benzene rings is 1. The second-order valence-electron chi connectivity index (χ2n) is 6.66. The molecule has 5 nitrogen and oxygen atoms in total. The molecule has 5 heteroatoms. The van der Waals surface area contributed by atoms with Crippen LogP contribution in [0.25, 0.3) is 0 Å². The van der Waals surface area contributed by atoms with E-state index in [0.29, 0.717) is 17.0 Å². The van der Waals surface area contributed by atoms with E-state index in [9.17, 15) is 4.79 Å². The van der Waals surface area contributed by atoms with Gasteiger partial charge in [-0.3, -0.25) is 4.79 Å². The van der Waals surface area contributed by atoms with Crippen molar-refractivity contribution in [2.75, 3.05) is 0 Å². The Morgan fingerprint density at radius 1 is 1.24 bits per heavy atom. The lowest BCUT2D eigenvalue weighted by atomic mass is 9.95. The van der Waals surface area contributed by atoms with Crippen LogP contribution in [0.4, 0.5) is 0 Å². The van der Waals surface area contributed by atoms with Crippen LogP contribution in [0.3, 0.4) is 0 Å². The summed E-state index contributed by atoms with van der Waals surface area (Å²) in [5.41, 5.74) is 2.32. The number of carbonyl (C=O) groups excluding carboxylic acids is 1. The van der Waals surface area contributed by atoms with E-state index < -0.39 is 0 Å². The SMILES string of the molecule is CCc1ccc(OCc2c(C(=O)NC3CCCCC3)noc2C)cc1. The van der Waals surface area contributed by atoms with Crippen LogP contribution < -0.4 is 10.1 Å². The van der Waals surface area contributed by atoms with Gasteiger partial charge in [-0.15, -0.1) is 0 Å². The minimum absolute atomic E-state index is 0.163. The number of hydrogen-bond acceptors (Lipinski definition) is 4. The molecule has 1 aromatic heterocycles. The van der Waals surface area contributed by atoms with E-state index in [1.54, 1.807) is 0 Å². The second-order valence-corrected chi connectivity index (χ2v) is 6.66. The largest absolute Gasteiger partial charge is 0.489 e. The highest BCUT2D eigenvalue weighted by Crippen LogP contribution is 2.21. The molecule has 3 rings (SSSR count). The van der Waals surface area contributed by atoms with Crippen molar-refractivity contribution in [3.8, 4) is 5.75 Å². The van der Waals surface area contributed by atoms with E-state index in [4.69, 9.17) is 9.26 Å². The Morgan fingerprint density at radius 2 is 1.96 bits per heavy atom. The zero-order valence-electron chi connectivity index (χ0n) is 15.0. The fraction of sp³-hybridized carbons (Fsp3) is 0.500. The van der Waals surface area contributed by atoms with Crippen LogP contribution in [0.2, 0.25) is 0 Å². The van der Waals surface area contributed by atoms with Crippen molar-refractivity contribution in [2.24, 2.45) is 0 Å². The number of hydrogen-bond donors (Lipinski definition) is 1. The minimum atomic E-state index is -0.163. The van der Waals surface area contributed by atoms with Crippen molar-refractivity contribution in [1.82, 2.24) is 10.5 Å². The summed E-state index contributed by atoms with van der Waals surface area (Å²) in [4.78, 5) is 12.6. The fourth-order valence-electron chi connectivity index (χ4n) is 3.22. The van der Waals surface area contributed by atoms with Crippen LogP contribution in [0, 0.1) is 6.92 Å². The standard InChI is InChI=1S/C20H26N2O3/c1-3-15-9-11-17(12-10-15)24-13-18-14(2)25-22-19(18)20(23)21-16-7-5-4-6-8-16/h9-12,16H,3-8,13H2,1-2H3,(H,21,23). The maximum atomic E-state index is 12.6. The summed E-state index contributed by atoms with van der Waals surface area (Å²) in [5, 5.41) is 7.04. The normalized spacial score (nSPS) is 15.1. The van der Waals surface area contributed by atoms with E-state index >= 15 is 0 Å². The van der Waals surface area contributed by atoms with Crippen molar-refractivity contribution < 1.29 is 14.1 Å². The molecule has 0 unspecified atom stereocenters. The molecule has 0 spiro atoms. The van der Waals surface area contributed by atoms with E-state index in [1.807, 2.05) is 31.2 Å². The zero-order valence-corrected chi connectivity index (χ0v) is 15.0. The van der Waals surface area contributed by atoms with Crippen LogP contribution in [0.5, 0.6) is 5.75 Å². The number of aryl methyl sites for hydroxylation is 2.